The average Bonchev–Trinajstić information content (AvgIpc) is 0.769. The van der Waals surface area contributed by atoms with Gasteiger partial charge in [-0.05, 0) is 6.92 Å². The molecule has 1 unspecified atom stereocenters. The van der Waals surface area contributed by atoms with Gasteiger partial charge < -0.3 is 235 Å². The van der Waals surface area contributed by atoms with Crippen molar-refractivity contribution in [2.24, 2.45) is 0 Å². The molecule has 0 radical (unpaired) electrons. The number of aliphatic carboxylic acids is 1. The third kappa shape index (κ3) is 21.5. The number of hydrogen-bond acceptors (Lipinski definition) is 47. The predicted octanol–water partition coefficient (Wildman–Crippen LogP) is -19.8. The summed E-state index contributed by atoms with van der Waals surface area (Å²) < 4.78 is 99.6. The number of nitrogens with one attached hydrogen (secondary N) is 4. The summed E-state index contributed by atoms with van der Waals surface area (Å²) in [6.07, 6.45) is -86.2. The van der Waals surface area contributed by atoms with Crippen LogP contribution in [0.4, 0.5) is 0 Å². The lowest BCUT2D eigenvalue weighted by atomic mass is 9.88. The fourth-order valence-electron chi connectivity index (χ4n) is 14.9. The van der Waals surface area contributed by atoms with Crippen molar-refractivity contribution in [1.82, 2.24) is 21.3 Å². The second-order valence-electron chi connectivity index (χ2n) is 29.7. The molecular formula is C65H108N4O48. The van der Waals surface area contributed by atoms with Gasteiger partial charge in [0.2, 0.25) is 23.6 Å². The van der Waals surface area contributed by atoms with Crippen LogP contribution in [0.3, 0.4) is 0 Å². The first kappa shape index (κ1) is 96.5. The van der Waals surface area contributed by atoms with Gasteiger partial charge in [0.1, 0.15) is 207 Å². The van der Waals surface area contributed by atoms with E-state index in [1.54, 1.807) is 0 Å². The van der Waals surface area contributed by atoms with E-state index in [-0.39, 0.29) is 0 Å². The SMILES string of the molecule is CC(=O)N[C@H]1[C@H](O[C@H]2[C@H](O)[C@@H](NC(C)=O)C(O)O[C@@H]2CO[C@@H]2O[C@@H](C)[C@@H](O)[C@@H](O)[C@@H]2O)O[C@H](CO)[C@@H](O[C@@H]2O[C@H](CO[C@H]3O[C@H](CO)[C@@H](O)[C@H](O)[C@@H]3O[C@@H]3O[C@H](CO)[C@@H](O[C@@H]4O[C@H](CO[C@]5(C(=O)O)C[C@H](O)[C@@H](NC(C)=O)[C@H]([C@H](O)[C@H](O)CO)O5)[C@H](O)[C@H](O)[C@H]4O)[C@H](O)[C@H]3NC(C)=O)[C@@H](O)[C@H](O[C@H]3O[C@H](CO)[C@@H](O)[C@H](O)[C@@H]3O)[C@@H]2O)[C@@H]1O. The van der Waals surface area contributed by atoms with E-state index in [4.69, 9.17) is 80.5 Å². The van der Waals surface area contributed by atoms with E-state index in [0.717, 1.165) is 27.7 Å². The maximum absolute atomic E-state index is 13.1. The average molecular weight is 1710 g/mol. The van der Waals surface area contributed by atoms with Crippen molar-refractivity contribution in [3.8, 4) is 0 Å². The van der Waals surface area contributed by atoms with Crippen LogP contribution in [-0.4, -0.2) is 497 Å². The first-order chi connectivity index (χ1) is 55.1. The summed E-state index contributed by atoms with van der Waals surface area (Å²) in [7, 11) is 0. The molecule has 0 bridgehead atoms. The number of carbonyl (C=O) groups excluding carboxylic acids is 4. The molecule has 52 heteroatoms. The molecule has 117 heavy (non-hydrogen) atoms. The Labute approximate surface area is 662 Å². The first-order valence-electron chi connectivity index (χ1n) is 37.1. The molecule has 9 aliphatic rings. The van der Waals surface area contributed by atoms with Crippen LogP contribution < -0.4 is 21.3 Å². The molecule has 4 amide bonds. The summed E-state index contributed by atoms with van der Waals surface area (Å²) in [5, 5.41) is 297. The van der Waals surface area contributed by atoms with E-state index in [1.807, 2.05) is 0 Å². The minimum absolute atomic E-state index is 0.822. The monoisotopic (exact) mass is 1710 g/mol. The van der Waals surface area contributed by atoms with E-state index in [1.165, 1.54) is 6.92 Å². The van der Waals surface area contributed by atoms with Crippen molar-refractivity contribution < 1.29 is 237 Å². The topological polar surface area (TPSA) is 816 Å². The van der Waals surface area contributed by atoms with Gasteiger partial charge >= 0.3 is 5.97 Å². The number of ether oxygens (including phenoxy) is 17. The van der Waals surface area contributed by atoms with E-state index in [0.29, 0.717) is 0 Å². The number of aliphatic hydroxyl groups is 25. The zero-order chi connectivity index (χ0) is 86.6. The number of carbonyl (C=O) groups is 5. The van der Waals surface area contributed by atoms with Crippen LogP contribution in [0, 0.1) is 0 Å². The third-order valence-electron chi connectivity index (χ3n) is 21.3. The molecule has 0 aromatic carbocycles. The molecule has 52 nitrogen and oxygen atoms in total. The van der Waals surface area contributed by atoms with Gasteiger partial charge in [0.25, 0.3) is 5.79 Å². The summed E-state index contributed by atoms with van der Waals surface area (Å²) in [6, 6.07) is -7.34. The molecule has 9 saturated heterocycles. The van der Waals surface area contributed by atoms with Gasteiger partial charge in [0.05, 0.1) is 71.1 Å². The molecule has 9 heterocycles. The molecular weight excluding hydrogens is 1600 g/mol. The van der Waals surface area contributed by atoms with Crippen LogP contribution in [0.15, 0.2) is 0 Å². The van der Waals surface area contributed by atoms with Crippen LogP contribution in [0.5, 0.6) is 0 Å². The number of rotatable bonds is 31. The lowest BCUT2D eigenvalue weighted by molar-refractivity contribution is -0.389. The predicted molar refractivity (Wildman–Crippen MR) is 359 cm³/mol. The lowest BCUT2D eigenvalue weighted by Crippen LogP contribution is -2.70. The second kappa shape index (κ2) is 41.4. The molecule has 0 aliphatic carbocycles. The van der Waals surface area contributed by atoms with Gasteiger partial charge in [-0.2, -0.15) is 0 Å². The number of amides is 4. The standard InChI is InChI=1S/C65H108N4O48/c1-15-33(81)42(90)46(94)59(104-15)101-13-28-52(39(87)30(56(98)105-28)67-17(3)76)112-57-31(68-18(4)77)40(88)51(25(11-74)108-57)114-62-49(97)54(115-60-47(95)43(91)35(83)22(8-71)106-60)38(86)26(110-62)12-102-63-55(45(93)36(84)23(9-72)107-63)116-58-32(69-19(5)78)41(89)50(24(10-73)109-58)113-61-48(96)44(92)37(85)27(111-61)14-103-65(64(99)100)6-20(79)29(66-16(2)75)53(117-65)34(82)21(80)7-70/h15,20-63,70-74,79-98H,6-14H2,1-5H3,(H,66,75)(H,67,76)(H,68,77)(H,69,78)(H,99,100)/t15-,20-,21+,22+,23+,24+,25+,26+,27+,28+,29+,30+,31+,32+,33+,34+,35+,36+,37-,38+,39+,40+,41+,42+,43-,44-,45-,46-,47-,48+,49-,50+,51+,52+,53+,54-,55-,56?,57-,58-,59+,60+,61-,62-,63-,65+/m0/s1. The molecule has 46 atom stereocenters. The zero-order valence-electron chi connectivity index (χ0n) is 63.0. The van der Waals surface area contributed by atoms with Crippen LogP contribution in [0.25, 0.3) is 0 Å². The molecule has 9 fully saturated rings. The number of hydrogen-bond donors (Lipinski definition) is 30. The quantitative estimate of drug-likeness (QED) is 0.0306. The highest BCUT2D eigenvalue weighted by Crippen LogP contribution is 2.40. The molecule has 0 aromatic heterocycles. The van der Waals surface area contributed by atoms with E-state index in [9.17, 15) is 157 Å². The maximum Gasteiger partial charge on any atom is 0.364 e. The molecule has 0 saturated carbocycles. The fraction of sp³-hybridized carbons (Fsp3) is 0.923. The van der Waals surface area contributed by atoms with Crippen LogP contribution in [0.1, 0.15) is 41.0 Å². The zero-order valence-corrected chi connectivity index (χ0v) is 63.0. The van der Waals surface area contributed by atoms with Gasteiger partial charge in [-0.3, -0.25) is 19.2 Å². The van der Waals surface area contributed by atoms with Crippen molar-refractivity contribution in [3.63, 3.8) is 0 Å². The Bertz CT molecular complexity index is 3190. The van der Waals surface area contributed by atoms with Crippen molar-refractivity contribution in [2.45, 2.75) is 323 Å². The van der Waals surface area contributed by atoms with Crippen LogP contribution in [-0.2, 0) is 104 Å². The number of aliphatic hydroxyl groups excluding tert-OH is 25. The van der Waals surface area contributed by atoms with Crippen molar-refractivity contribution in [1.29, 1.82) is 0 Å². The van der Waals surface area contributed by atoms with Gasteiger partial charge in [-0.1, -0.05) is 0 Å². The molecule has 676 valence electrons. The van der Waals surface area contributed by atoms with Crippen molar-refractivity contribution >= 4 is 29.6 Å². The fourth-order valence-corrected chi connectivity index (χ4v) is 14.9. The number of carboxylic acids is 1. The smallest absolute Gasteiger partial charge is 0.364 e. The molecule has 0 aromatic rings. The Morgan fingerprint density at radius 2 is 0.744 bits per heavy atom. The van der Waals surface area contributed by atoms with E-state index in [2.05, 4.69) is 21.3 Å². The molecule has 9 rings (SSSR count). The Hall–Kier alpha value is -4.33. The van der Waals surface area contributed by atoms with Crippen LogP contribution in [0.2, 0.25) is 0 Å². The van der Waals surface area contributed by atoms with Crippen molar-refractivity contribution in [2.75, 3.05) is 52.9 Å². The number of carboxylic acid groups (broad SMARTS) is 1. The highest BCUT2D eigenvalue weighted by atomic mass is 16.8. The van der Waals surface area contributed by atoms with Gasteiger partial charge in [-0.25, -0.2) is 4.79 Å². The summed E-state index contributed by atoms with van der Waals surface area (Å²) in [6.45, 7) is -3.79. The third-order valence-corrected chi connectivity index (χ3v) is 21.3. The van der Waals surface area contributed by atoms with Crippen molar-refractivity contribution in [3.05, 3.63) is 0 Å². The Morgan fingerprint density at radius 1 is 0.368 bits per heavy atom. The highest BCUT2D eigenvalue weighted by Gasteiger charge is 2.62. The Balaban J connectivity index is 0.960. The highest BCUT2D eigenvalue weighted by molar-refractivity contribution is 5.77. The van der Waals surface area contributed by atoms with Gasteiger partial charge in [-0.15, -0.1) is 0 Å². The summed E-state index contributed by atoms with van der Waals surface area (Å²) in [5.41, 5.74) is 0. The summed E-state index contributed by atoms with van der Waals surface area (Å²) >= 11 is 0. The van der Waals surface area contributed by atoms with Gasteiger partial charge in [0.15, 0.2) is 50.3 Å². The minimum Gasteiger partial charge on any atom is -0.477 e. The molecule has 9 aliphatic heterocycles. The Morgan fingerprint density at radius 3 is 1.24 bits per heavy atom. The van der Waals surface area contributed by atoms with E-state index >= 15 is 0 Å². The molecule has 0 spiro atoms. The second-order valence-corrected chi connectivity index (χ2v) is 29.7. The summed E-state index contributed by atoms with van der Waals surface area (Å²) in [4.78, 5) is 63.5. The largest absolute Gasteiger partial charge is 0.477 e. The van der Waals surface area contributed by atoms with Gasteiger partial charge in [0, 0.05) is 34.1 Å². The Kier molecular flexibility index (Phi) is 34.2. The molecule has 30 N–H and O–H groups in total. The van der Waals surface area contributed by atoms with Crippen LogP contribution >= 0.6 is 0 Å². The van der Waals surface area contributed by atoms with E-state index < -0.39 is 371 Å². The first-order valence-corrected chi connectivity index (χ1v) is 37.1. The minimum atomic E-state index is -3.06. The maximum atomic E-state index is 13.1. The summed E-state index contributed by atoms with van der Waals surface area (Å²) in [5.74, 6) is -8.70. The normalized spacial score (nSPS) is 47.9. The lowest BCUT2D eigenvalue weighted by Gasteiger charge is -2.50.